The van der Waals surface area contributed by atoms with E-state index in [0.717, 1.165) is 0 Å². The largest absolute Gasteiger partial charge is 0.373 e. The van der Waals surface area contributed by atoms with Crippen LogP contribution in [0.15, 0.2) is 0 Å². The van der Waals surface area contributed by atoms with Gasteiger partial charge in [0.15, 0.2) is 0 Å². The van der Waals surface area contributed by atoms with Crippen LogP contribution >= 0.6 is 0 Å². The average molecular weight is 171 g/mol. The Hall–Kier alpha value is -0.590. The highest BCUT2D eigenvalue weighted by atomic mass is 16.5. The first kappa shape index (κ1) is 11.4. The molecule has 0 aromatic heterocycles. The third-order valence-corrected chi connectivity index (χ3v) is 1.17. The molecule has 1 unspecified atom stereocenters. The fraction of sp³-hybridized carbons (Fsp3) is 0.889. The van der Waals surface area contributed by atoms with E-state index in [2.05, 4.69) is 0 Å². The van der Waals surface area contributed by atoms with Crippen molar-refractivity contribution in [3.05, 3.63) is 0 Å². The van der Waals surface area contributed by atoms with Gasteiger partial charge >= 0.3 is 0 Å². The normalized spacial score (nSPS) is 13.9. The number of hydrogen-bond donors (Lipinski definition) is 0. The smallest absolute Gasteiger partial charge is 0.141 e. The lowest BCUT2D eigenvalue weighted by atomic mass is 10.2. The van der Waals surface area contributed by atoms with E-state index in [4.69, 9.17) is 14.7 Å². The Morgan fingerprint density at radius 2 is 1.92 bits per heavy atom. The Labute approximate surface area is 74.3 Å². The first-order valence-electron chi connectivity index (χ1n) is 4.11. The van der Waals surface area contributed by atoms with E-state index in [1.54, 1.807) is 6.92 Å². The van der Waals surface area contributed by atoms with Crippen LogP contribution in [0.3, 0.4) is 0 Å². The van der Waals surface area contributed by atoms with Gasteiger partial charge in [0.2, 0.25) is 0 Å². The zero-order valence-corrected chi connectivity index (χ0v) is 8.26. The van der Waals surface area contributed by atoms with Crippen LogP contribution in [-0.2, 0) is 9.47 Å². The second kappa shape index (κ2) is 5.13. The number of nitriles is 1. The molecule has 3 heteroatoms. The lowest BCUT2D eigenvalue weighted by Crippen LogP contribution is -2.22. The number of nitrogens with zero attached hydrogens (tertiary/aromatic N) is 1. The van der Waals surface area contributed by atoms with E-state index in [9.17, 15) is 0 Å². The van der Waals surface area contributed by atoms with Gasteiger partial charge in [-0.3, -0.25) is 0 Å². The van der Waals surface area contributed by atoms with E-state index < -0.39 is 0 Å². The van der Waals surface area contributed by atoms with Gasteiger partial charge in [-0.05, 0) is 27.7 Å². The summed E-state index contributed by atoms with van der Waals surface area (Å²) in [6.45, 7) is 8.70. The standard InChI is InChI=1S/C9H17NO2/c1-8(7-10)11-5-6-12-9(2,3)4/h8H,5-6H2,1-4H3. The summed E-state index contributed by atoms with van der Waals surface area (Å²) in [6, 6.07) is 1.98. The first-order chi connectivity index (χ1) is 5.45. The van der Waals surface area contributed by atoms with Crippen molar-refractivity contribution in [2.75, 3.05) is 13.2 Å². The molecule has 12 heavy (non-hydrogen) atoms. The molecule has 0 radical (unpaired) electrons. The molecule has 0 spiro atoms. The SMILES string of the molecule is CC(C#N)OCCOC(C)(C)C. The summed E-state index contributed by atoms with van der Waals surface area (Å²) in [6.07, 6.45) is -0.339. The zero-order chi connectivity index (χ0) is 9.61. The topological polar surface area (TPSA) is 42.2 Å². The molecule has 0 saturated heterocycles. The molecule has 0 aliphatic rings. The maximum Gasteiger partial charge on any atom is 0.141 e. The fourth-order valence-corrected chi connectivity index (χ4v) is 0.610. The Balaban J connectivity index is 3.29. The quantitative estimate of drug-likeness (QED) is 0.605. The second-order valence-corrected chi connectivity index (χ2v) is 3.60. The van der Waals surface area contributed by atoms with Crippen molar-refractivity contribution in [1.29, 1.82) is 5.26 Å². The maximum atomic E-state index is 8.38. The first-order valence-corrected chi connectivity index (χ1v) is 4.11. The molecule has 0 amide bonds. The molecule has 0 rings (SSSR count). The fourth-order valence-electron chi connectivity index (χ4n) is 0.610. The number of hydrogen-bond acceptors (Lipinski definition) is 3. The molecule has 0 aromatic carbocycles. The Morgan fingerprint density at radius 3 is 2.33 bits per heavy atom. The third-order valence-electron chi connectivity index (χ3n) is 1.17. The molecule has 0 aromatic rings. The van der Waals surface area contributed by atoms with E-state index in [1.807, 2.05) is 26.8 Å². The van der Waals surface area contributed by atoms with Crippen molar-refractivity contribution in [2.24, 2.45) is 0 Å². The summed E-state index contributed by atoms with van der Waals surface area (Å²) in [7, 11) is 0. The van der Waals surface area contributed by atoms with E-state index in [-0.39, 0.29) is 11.7 Å². The molecule has 0 aliphatic heterocycles. The Bertz CT molecular complexity index is 155. The van der Waals surface area contributed by atoms with Crippen LogP contribution in [0.4, 0.5) is 0 Å². The van der Waals surface area contributed by atoms with Gasteiger partial charge in [-0.2, -0.15) is 5.26 Å². The van der Waals surface area contributed by atoms with E-state index >= 15 is 0 Å². The highest BCUT2D eigenvalue weighted by Gasteiger charge is 2.09. The lowest BCUT2D eigenvalue weighted by molar-refractivity contribution is -0.0407. The van der Waals surface area contributed by atoms with Crippen molar-refractivity contribution in [3.63, 3.8) is 0 Å². The van der Waals surface area contributed by atoms with Crippen LogP contribution in [0.2, 0.25) is 0 Å². The summed E-state index contributed by atoms with van der Waals surface area (Å²) in [5.74, 6) is 0. The molecule has 0 fully saturated rings. The van der Waals surface area contributed by atoms with Crippen LogP contribution in [0.25, 0.3) is 0 Å². The highest BCUT2D eigenvalue weighted by Crippen LogP contribution is 2.05. The van der Waals surface area contributed by atoms with Crippen LogP contribution < -0.4 is 0 Å². The highest BCUT2D eigenvalue weighted by molar-refractivity contribution is 4.78. The third kappa shape index (κ3) is 7.52. The van der Waals surface area contributed by atoms with Crippen molar-refractivity contribution in [1.82, 2.24) is 0 Å². The van der Waals surface area contributed by atoms with Crippen molar-refractivity contribution in [2.45, 2.75) is 39.4 Å². The molecular formula is C9H17NO2. The van der Waals surface area contributed by atoms with E-state index in [0.29, 0.717) is 13.2 Å². The van der Waals surface area contributed by atoms with Crippen molar-refractivity contribution >= 4 is 0 Å². The van der Waals surface area contributed by atoms with Gasteiger partial charge in [0, 0.05) is 0 Å². The molecule has 0 heterocycles. The van der Waals surface area contributed by atoms with Crippen LogP contribution in [-0.4, -0.2) is 24.9 Å². The van der Waals surface area contributed by atoms with Crippen LogP contribution in [0.5, 0.6) is 0 Å². The molecule has 0 saturated carbocycles. The lowest BCUT2D eigenvalue weighted by Gasteiger charge is -2.19. The van der Waals surface area contributed by atoms with Gasteiger partial charge < -0.3 is 9.47 Å². The van der Waals surface area contributed by atoms with Gasteiger partial charge in [0.25, 0.3) is 0 Å². The molecule has 70 valence electrons. The number of rotatable bonds is 4. The Kier molecular flexibility index (Phi) is 4.87. The minimum absolute atomic E-state index is 0.126. The zero-order valence-electron chi connectivity index (χ0n) is 8.26. The van der Waals surface area contributed by atoms with Crippen molar-refractivity contribution < 1.29 is 9.47 Å². The minimum atomic E-state index is -0.339. The maximum absolute atomic E-state index is 8.38. The van der Waals surface area contributed by atoms with Gasteiger partial charge in [0.05, 0.1) is 24.9 Å². The predicted octanol–water partition coefficient (Wildman–Crippen LogP) is 1.73. The summed E-state index contributed by atoms with van der Waals surface area (Å²) in [4.78, 5) is 0. The summed E-state index contributed by atoms with van der Waals surface area (Å²) < 4.78 is 10.5. The molecule has 0 N–H and O–H groups in total. The molecule has 0 aliphatic carbocycles. The predicted molar refractivity (Wildman–Crippen MR) is 46.7 cm³/mol. The van der Waals surface area contributed by atoms with Crippen LogP contribution in [0, 0.1) is 11.3 Å². The monoisotopic (exact) mass is 171 g/mol. The molecule has 3 nitrogen and oxygen atoms in total. The summed E-state index contributed by atoms with van der Waals surface area (Å²) in [5, 5.41) is 8.38. The van der Waals surface area contributed by atoms with Gasteiger partial charge in [-0.25, -0.2) is 0 Å². The summed E-state index contributed by atoms with van der Waals surface area (Å²) >= 11 is 0. The second-order valence-electron chi connectivity index (χ2n) is 3.60. The van der Waals surface area contributed by atoms with Gasteiger partial charge in [0.1, 0.15) is 6.10 Å². The van der Waals surface area contributed by atoms with Crippen LogP contribution in [0.1, 0.15) is 27.7 Å². The average Bonchev–Trinajstić information content (AvgIpc) is 1.96. The van der Waals surface area contributed by atoms with Gasteiger partial charge in [-0.1, -0.05) is 0 Å². The molecule has 0 bridgehead atoms. The number of ether oxygens (including phenoxy) is 2. The minimum Gasteiger partial charge on any atom is -0.373 e. The van der Waals surface area contributed by atoms with Crippen molar-refractivity contribution in [3.8, 4) is 6.07 Å². The summed E-state index contributed by atoms with van der Waals surface area (Å²) in [5.41, 5.74) is -0.126. The molecular weight excluding hydrogens is 154 g/mol. The molecule has 1 atom stereocenters. The van der Waals surface area contributed by atoms with Gasteiger partial charge in [-0.15, -0.1) is 0 Å². The van der Waals surface area contributed by atoms with E-state index in [1.165, 1.54) is 0 Å². The Morgan fingerprint density at radius 1 is 1.33 bits per heavy atom.